The zero-order valence-electron chi connectivity index (χ0n) is 14.9. The highest BCUT2D eigenvalue weighted by molar-refractivity contribution is 7.92. The quantitative estimate of drug-likeness (QED) is 0.387. The van der Waals surface area contributed by atoms with Gasteiger partial charge in [0, 0.05) is 12.1 Å². The van der Waals surface area contributed by atoms with Crippen LogP contribution >= 0.6 is 0 Å². The fraction of sp³-hybridized carbons (Fsp3) is 0.444. The van der Waals surface area contributed by atoms with Crippen molar-refractivity contribution < 1.29 is 27.5 Å². The average Bonchev–Trinajstić information content (AvgIpc) is 2.61. The molecule has 0 saturated heterocycles. The molecular formula is C18H23NO6S. The van der Waals surface area contributed by atoms with Crippen LogP contribution in [0.15, 0.2) is 30.9 Å². The first-order valence-corrected chi connectivity index (χ1v) is 10.1. The number of hydrogen-bond donors (Lipinski definition) is 0. The first kappa shape index (κ1) is 20.1. The first-order chi connectivity index (χ1) is 12.2. The molecule has 2 rings (SSSR count). The minimum Gasteiger partial charge on any atom is -0.455 e. The molecule has 7 nitrogen and oxygen atoms in total. The predicted molar refractivity (Wildman–Crippen MR) is 97.9 cm³/mol. The van der Waals surface area contributed by atoms with Crippen molar-refractivity contribution in [2.45, 2.75) is 25.9 Å². The van der Waals surface area contributed by atoms with Crippen LogP contribution in [0, 0.1) is 0 Å². The number of carbonyl (C=O) groups excluding carboxylic acids is 2. The van der Waals surface area contributed by atoms with Gasteiger partial charge in [0.2, 0.25) is 10.0 Å². The minimum absolute atomic E-state index is 0.214. The summed E-state index contributed by atoms with van der Waals surface area (Å²) in [6.45, 7) is 5.28. The largest absolute Gasteiger partial charge is 0.455 e. The van der Waals surface area contributed by atoms with E-state index in [0.717, 1.165) is 11.8 Å². The maximum absolute atomic E-state index is 12.3. The molecule has 0 radical (unpaired) electrons. The molecule has 8 heteroatoms. The standard InChI is InChI=1S/C18H23NO6S/c1-4-10-24-13(2)18(21)25-12-17(20)15-7-8-16-14(11-15)6-5-9-19(16)26(3,22)23/h4,7-8,11,13H,1,5-6,9-10,12H2,2-3H3. The molecule has 1 aliphatic rings. The van der Waals surface area contributed by atoms with E-state index in [0.29, 0.717) is 30.6 Å². The van der Waals surface area contributed by atoms with Gasteiger partial charge in [0.15, 0.2) is 18.5 Å². The van der Waals surface area contributed by atoms with Crippen molar-refractivity contribution in [3.63, 3.8) is 0 Å². The van der Waals surface area contributed by atoms with Gasteiger partial charge in [-0.3, -0.25) is 9.10 Å². The summed E-state index contributed by atoms with van der Waals surface area (Å²) in [5, 5.41) is 0. The van der Waals surface area contributed by atoms with Gasteiger partial charge in [0.1, 0.15) is 0 Å². The van der Waals surface area contributed by atoms with E-state index >= 15 is 0 Å². The summed E-state index contributed by atoms with van der Waals surface area (Å²) in [6, 6.07) is 4.84. The van der Waals surface area contributed by atoms with E-state index in [-0.39, 0.29) is 12.4 Å². The molecule has 1 unspecified atom stereocenters. The van der Waals surface area contributed by atoms with E-state index < -0.39 is 28.7 Å². The molecule has 0 N–H and O–H groups in total. The van der Waals surface area contributed by atoms with Crippen molar-refractivity contribution >= 4 is 27.5 Å². The summed E-state index contributed by atoms with van der Waals surface area (Å²) in [5.41, 5.74) is 1.77. The van der Waals surface area contributed by atoms with Gasteiger partial charge in [-0.25, -0.2) is 13.2 Å². The van der Waals surface area contributed by atoms with Crippen molar-refractivity contribution in [3.8, 4) is 0 Å². The van der Waals surface area contributed by atoms with Crippen LogP contribution < -0.4 is 4.31 Å². The number of fused-ring (bicyclic) bond motifs is 1. The monoisotopic (exact) mass is 381 g/mol. The molecule has 1 heterocycles. The molecule has 142 valence electrons. The molecule has 26 heavy (non-hydrogen) atoms. The van der Waals surface area contributed by atoms with Crippen LogP contribution in [-0.2, 0) is 30.7 Å². The highest BCUT2D eigenvalue weighted by Crippen LogP contribution is 2.30. The van der Waals surface area contributed by atoms with Gasteiger partial charge in [-0.1, -0.05) is 6.08 Å². The number of benzene rings is 1. The fourth-order valence-corrected chi connectivity index (χ4v) is 3.69. The van der Waals surface area contributed by atoms with Gasteiger partial charge >= 0.3 is 5.97 Å². The van der Waals surface area contributed by atoms with Crippen LogP contribution in [0.5, 0.6) is 0 Å². The van der Waals surface area contributed by atoms with Gasteiger partial charge in [0.05, 0.1) is 18.6 Å². The van der Waals surface area contributed by atoms with Crippen molar-refractivity contribution in [1.29, 1.82) is 0 Å². The third-order valence-electron chi connectivity index (χ3n) is 4.02. The number of anilines is 1. The van der Waals surface area contributed by atoms with E-state index in [4.69, 9.17) is 9.47 Å². The Balaban J connectivity index is 2.05. The average molecular weight is 381 g/mol. The Morgan fingerprint density at radius 3 is 2.77 bits per heavy atom. The summed E-state index contributed by atoms with van der Waals surface area (Å²) < 4.78 is 35.2. The lowest BCUT2D eigenvalue weighted by Gasteiger charge is -2.29. The molecule has 1 atom stereocenters. The number of carbonyl (C=O) groups is 2. The van der Waals surface area contributed by atoms with Crippen LogP contribution in [0.1, 0.15) is 29.3 Å². The van der Waals surface area contributed by atoms with Gasteiger partial charge in [-0.2, -0.15) is 0 Å². The topological polar surface area (TPSA) is 90.0 Å². The van der Waals surface area contributed by atoms with Crippen LogP contribution in [0.4, 0.5) is 5.69 Å². The van der Waals surface area contributed by atoms with E-state index in [1.807, 2.05) is 0 Å². The van der Waals surface area contributed by atoms with E-state index in [1.165, 1.54) is 17.3 Å². The number of aryl methyl sites for hydroxylation is 1. The maximum Gasteiger partial charge on any atom is 0.335 e. The van der Waals surface area contributed by atoms with Gasteiger partial charge in [-0.05, 0) is 43.5 Å². The van der Waals surface area contributed by atoms with Crippen molar-refractivity contribution in [2.24, 2.45) is 0 Å². The molecule has 1 aliphatic heterocycles. The summed E-state index contributed by atoms with van der Waals surface area (Å²) in [6.07, 6.45) is 3.27. The van der Waals surface area contributed by atoms with Crippen molar-refractivity contribution in [1.82, 2.24) is 0 Å². The molecule has 0 aromatic heterocycles. The molecular weight excluding hydrogens is 358 g/mol. The van der Waals surface area contributed by atoms with Crippen LogP contribution in [0.25, 0.3) is 0 Å². The van der Waals surface area contributed by atoms with E-state index in [9.17, 15) is 18.0 Å². The number of Topliss-reactive ketones (excluding diaryl/α,β-unsaturated/α-hetero) is 1. The first-order valence-electron chi connectivity index (χ1n) is 8.27. The lowest BCUT2D eigenvalue weighted by Crippen LogP contribution is -2.34. The summed E-state index contributed by atoms with van der Waals surface area (Å²) in [7, 11) is -3.35. The third-order valence-corrected chi connectivity index (χ3v) is 5.20. The van der Waals surface area contributed by atoms with Crippen LogP contribution in [-0.4, -0.2) is 52.3 Å². The Kier molecular flexibility index (Phi) is 6.55. The lowest BCUT2D eigenvalue weighted by atomic mass is 9.99. The Bertz CT molecular complexity index is 802. The molecule has 0 saturated carbocycles. The number of rotatable bonds is 8. The zero-order chi connectivity index (χ0) is 19.3. The molecule has 0 amide bonds. The number of hydrogen-bond acceptors (Lipinski definition) is 6. The molecule has 1 aromatic carbocycles. The highest BCUT2D eigenvalue weighted by Gasteiger charge is 2.25. The van der Waals surface area contributed by atoms with Crippen molar-refractivity contribution in [3.05, 3.63) is 42.0 Å². The smallest absolute Gasteiger partial charge is 0.335 e. The predicted octanol–water partition coefficient (Wildman–Crippen LogP) is 1.72. The minimum atomic E-state index is -3.35. The number of ketones is 1. The molecule has 0 bridgehead atoms. The van der Waals surface area contributed by atoms with Crippen LogP contribution in [0.3, 0.4) is 0 Å². The third kappa shape index (κ3) is 4.92. The van der Waals surface area contributed by atoms with E-state index in [1.54, 1.807) is 18.2 Å². The Morgan fingerprint density at radius 1 is 1.38 bits per heavy atom. The number of ether oxygens (including phenoxy) is 2. The second-order valence-corrected chi connectivity index (χ2v) is 7.98. The number of sulfonamides is 1. The Hall–Kier alpha value is -2.19. The Labute approximate surface area is 153 Å². The number of esters is 1. The Morgan fingerprint density at radius 2 is 2.12 bits per heavy atom. The fourth-order valence-electron chi connectivity index (χ4n) is 2.70. The summed E-state index contributed by atoms with van der Waals surface area (Å²) in [4.78, 5) is 24.0. The second-order valence-electron chi connectivity index (χ2n) is 6.08. The number of nitrogens with zero attached hydrogens (tertiary/aromatic N) is 1. The maximum atomic E-state index is 12.3. The van der Waals surface area contributed by atoms with E-state index in [2.05, 4.69) is 6.58 Å². The van der Waals surface area contributed by atoms with Gasteiger partial charge in [0.25, 0.3) is 0 Å². The van der Waals surface area contributed by atoms with Gasteiger partial charge in [-0.15, -0.1) is 6.58 Å². The van der Waals surface area contributed by atoms with Crippen LogP contribution in [0.2, 0.25) is 0 Å². The molecule has 0 aliphatic carbocycles. The molecule has 0 spiro atoms. The van der Waals surface area contributed by atoms with Crippen molar-refractivity contribution in [2.75, 3.05) is 30.3 Å². The summed E-state index contributed by atoms with van der Waals surface area (Å²) >= 11 is 0. The van der Waals surface area contributed by atoms with Gasteiger partial charge < -0.3 is 9.47 Å². The molecule has 1 aromatic rings. The second kappa shape index (κ2) is 8.46. The SMILES string of the molecule is C=CCOC(C)C(=O)OCC(=O)c1ccc2c(c1)CCCN2S(C)(=O)=O. The normalized spacial score (nSPS) is 15.1. The molecule has 0 fully saturated rings. The lowest BCUT2D eigenvalue weighted by molar-refractivity contribution is -0.154. The zero-order valence-corrected chi connectivity index (χ0v) is 15.8. The summed E-state index contributed by atoms with van der Waals surface area (Å²) in [5.74, 6) is -0.977. The highest BCUT2D eigenvalue weighted by atomic mass is 32.2.